The minimum absolute atomic E-state index is 0.0257. The van der Waals surface area contributed by atoms with Gasteiger partial charge in [0.05, 0.1) is 0 Å². The van der Waals surface area contributed by atoms with Gasteiger partial charge in [-0.2, -0.15) is 0 Å². The standard InChI is InChI=1S/C20H22N2O/c1-4-15-7-5-6-14(3)19(15)21-12-17-11-16-9-8-13(2)10-18(16)22-20(17)23/h5-11,21H,4,12H2,1-3H3,(H,22,23). The highest BCUT2D eigenvalue weighted by Gasteiger charge is 2.07. The fourth-order valence-electron chi connectivity index (χ4n) is 2.95. The van der Waals surface area contributed by atoms with E-state index < -0.39 is 0 Å². The minimum atomic E-state index is -0.0257. The summed E-state index contributed by atoms with van der Waals surface area (Å²) < 4.78 is 0. The quantitative estimate of drug-likeness (QED) is 0.754. The molecule has 1 heterocycles. The van der Waals surface area contributed by atoms with Crippen molar-refractivity contribution in [3.05, 3.63) is 75.1 Å². The van der Waals surface area contributed by atoms with Gasteiger partial charge in [-0.3, -0.25) is 4.79 Å². The van der Waals surface area contributed by atoms with Crippen molar-refractivity contribution >= 4 is 16.6 Å². The van der Waals surface area contributed by atoms with Crippen LogP contribution in [0.5, 0.6) is 0 Å². The smallest absolute Gasteiger partial charge is 0.253 e. The molecule has 3 aromatic rings. The zero-order valence-electron chi connectivity index (χ0n) is 13.9. The first-order chi connectivity index (χ1) is 11.1. The molecule has 0 amide bonds. The van der Waals surface area contributed by atoms with Crippen LogP contribution in [-0.4, -0.2) is 4.98 Å². The zero-order chi connectivity index (χ0) is 16.4. The van der Waals surface area contributed by atoms with Crippen LogP contribution < -0.4 is 10.9 Å². The molecule has 0 spiro atoms. The maximum atomic E-state index is 12.3. The lowest BCUT2D eigenvalue weighted by atomic mass is 10.1. The van der Waals surface area contributed by atoms with Crippen LogP contribution in [-0.2, 0) is 13.0 Å². The predicted molar refractivity (Wildman–Crippen MR) is 97.2 cm³/mol. The summed E-state index contributed by atoms with van der Waals surface area (Å²) in [6, 6.07) is 14.4. The maximum absolute atomic E-state index is 12.3. The largest absolute Gasteiger partial charge is 0.380 e. The number of H-pyrrole nitrogens is 1. The van der Waals surface area contributed by atoms with Gasteiger partial charge in [0.15, 0.2) is 0 Å². The molecule has 0 saturated carbocycles. The molecule has 0 aliphatic rings. The number of para-hydroxylation sites is 1. The molecule has 3 nitrogen and oxygen atoms in total. The summed E-state index contributed by atoms with van der Waals surface area (Å²) >= 11 is 0. The first-order valence-electron chi connectivity index (χ1n) is 8.03. The molecular weight excluding hydrogens is 284 g/mol. The fourth-order valence-corrected chi connectivity index (χ4v) is 2.95. The Hall–Kier alpha value is -2.55. The van der Waals surface area contributed by atoms with Crippen molar-refractivity contribution in [3.63, 3.8) is 0 Å². The number of pyridine rings is 1. The number of aromatic amines is 1. The third kappa shape index (κ3) is 3.14. The van der Waals surface area contributed by atoms with Gasteiger partial charge in [0, 0.05) is 23.3 Å². The number of aryl methyl sites for hydroxylation is 3. The van der Waals surface area contributed by atoms with Gasteiger partial charge in [0.2, 0.25) is 0 Å². The average molecular weight is 306 g/mol. The lowest BCUT2D eigenvalue weighted by Crippen LogP contribution is -2.16. The van der Waals surface area contributed by atoms with Crippen LogP contribution in [0, 0.1) is 13.8 Å². The first kappa shape index (κ1) is 15.3. The van der Waals surface area contributed by atoms with Crippen molar-refractivity contribution < 1.29 is 0 Å². The number of fused-ring (bicyclic) bond motifs is 1. The van der Waals surface area contributed by atoms with Gasteiger partial charge in [-0.05, 0) is 54.5 Å². The van der Waals surface area contributed by atoms with Crippen LogP contribution in [0.4, 0.5) is 5.69 Å². The predicted octanol–water partition coefficient (Wildman–Crippen LogP) is 4.32. The van der Waals surface area contributed by atoms with E-state index in [0.717, 1.165) is 34.1 Å². The van der Waals surface area contributed by atoms with Crippen LogP contribution in [0.3, 0.4) is 0 Å². The Kier molecular flexibility index (Phi) is 4.20. The highest BCUT2D eigenvalue weighted by atomic mass is 16.1. The molecule has 3 rings (SSSR count). The lowest BCUT2D eigenvalue weighted by Gasteiger charge is -2.14. The molecule has 0 atom stereocenters. The second-order valence-electron chi connectivity index (χ2n) is 6.03. The fraction of sp³-hybridized carbons (Fsp3) is 0.250. The molecular formula is C20H22N2O. The third-order valence-corrected chi connectivity index (χ3v) is 4.27. The number of benzene rings is 2. The van der Waals surface area contributed by atoms with Gasteiger partial charge in [0.25, 0.3) is 5.56 Å². The normalized spacial score (nSPS) is 10.9. The van der Waals surface area contributed by atoms with E-state index in [-0.39, 0.29) is 5.56 Å². The Bertz CT molecular complexity index is 909. The molecule has 1 aromatic heterocycles. The number of hydrogen-bond donors (Lipinski definition) is 2. The van der Waals surface area contributed by atoms with E-state index in [4.69, 9.17) is 0 Å². The van der Waals surface area contributed by atoms with E-state index in [0.29, 0.717) is 6.54 Å². The summed E-state index contributed by atoms with van der Waals surface area (Å²) in [5.74, 6) is 0. The van der Waals surface area contributed by atoms with E-state index >= 15 is 0 Å². The molecule has 0 radical (unpaired) electrons. The van der Waals surface area contributed by atoms with E-state index in [1.165, 1.54) is 11.1 Å². The molecule has 0 aliphatic heterocycles. The van der Waals surface area contributed by atoms with Gasteiger partial charge in [0.1, 0.15) is 0 Å². The summed E-state index contributed by atoms with van der Waals surface area (Å²) in [6.07, 6.45) is 0.970. The molecule has 2 aromatic carbocycles. The summed E-state index contributed by atoms with van der Waals surface area (Å²) in [5, 5.41) is 4.51. The van der Waals surface area contributed by atoms with Gasteiger partial charge in [-0.15, -0.1) is 0 Å². The molecule has 2 N–H and O–H groups in total. The molecule has 0 fully saturated rings. The molecule has 3 heteroatoms. The Balaban J connectivity index is 1.92. The first-order valence-corrected chi connectivity index (χ1v) is 8.03. The van der Waals surface area contributed by atoms with Crippen LogP contribution >= 0.6 is 0 Å². The highest BCUT2D eigenvalue weighted by molar-refractivity contribution is 5.79. The number of nitrogens with one attached hydrogen (secondary N) is 2. The SMILES string of the molecule is CCc1cccc(C)c1NCc1cc2ccc(C)cc2[nH]c1=O. The molecule has 0 saturated heterocycles. The second kappa shape index (κ2) is 6.29. The van der Waals surface area contributed by atoms with E-state index in [9.17, 15) is 4.79 Å². The molecule has 0 bridgehead atoms. The van der Waals surface area contributed by atoms with Crippen molar-refractivity contribution in [2.75, 3.05) is 5.32 Å². The maximum Gasteiger partial charge on any atom is 0.253 e. The van der Waals surface area contributed by atoms with Crippen LogP contribution in [0.15, 0.2) is 47.3 Å². The average Bonchev–Trinajstić information content (AvgIpc) is 2.53. The molecule has 23 heavy (non-hydrogen) atoms. The lowest BCUT2D eigenvalue weighted by molar-refractivity contribution is 1.06. The van der Waals surface area contributed by atoms with Gasteiger partial charge < -0.3 is 10.3 Å². The molecule has 0 aliphatic carbocycles. The molecule has 0 unspecified atom stereocenters. The Morgan fingerprint density at radius 2 is 1.87 bits per heavy atom. The Labute approximate surface area is 136 Å². The number of aromatic nitrogens is 1. The topological polar surface area (TPSA) is 44.9 Å². The Morgan fingerprint density at radius 1 is 1.04 bits per heavy atom. The second-order valence-corrected chi connectivity index (χ2v) is 6.03. The van der Waals surface area contributed by atoms with Crippen molar-refractivity contribution in [3.8, 4) is 0 Å². The Morgan fingerprint density at radius 3 is 2.65 bits per heavy atom. The number of anilines is 1. The highest BCUT2D eigenvalue weighted by Crippen LogP contribution is 2.22. The monoisotopic (exact) mass is 306 g/mol. The van der Waals surface area contributed by atoms with Crippen LogP contribution in [0.2, 0.25) is 0 Å². The molecule has 118 valence electrons. The van der Waals surface area contributed by atoms with Crippen molar-refractivity contribution in [2.45, 2.75) is 33.7 Å². The van der Waals surface area contributed by atoms with Gasteiger partial charge in [-0.25, -0.2) is 0 Å². The van der Waals surface area contributed by atoms with Crippen LogP contribution in [0.25, 0.3) is 10.9 Å². The zero-order valence-corrected chi connectivity index (χ0v) is 13.9. The number of hydrogen-bond acceptors (Lipinski definition) is 2. The van der Waals surface area contributed by atoms with E-state index in [1.807, 2.05) is 19.1 Å². The van der Waals surface area contributed by atoms with E-state index in [2.05, 4.69) is 54.5 Å². The summed E-state index contributed by atoms with van der Waals surface area (Å²) in [7, 11) is 0. The summed E-state index contributed by atoms with van der Waals surface area (Å²) in [5.41, 5.74) is 6.39. The van der Waals surface area contributed by atoms with E-state index in [1.54, 1.807) is 0 Å². The third-order valence-electron chi connectivity index (χ3n) is 4.27. The van der Waals surface area contributed by atoms with Crippen molar-refractivity contribution in [1.29, 1.82) is 0 Å². The van der Waals surface area contributed by atoms with Gasteiger partial charge >= 0.3 is 0 Å². The van der Waals surface area contributed by atoms with Crippen molar-refractivity contribution in [1.82, 2.24) is 4.98 Å². The number of rotatable bonds is 4. The van der Waals surface area contributed by atoms with Gasteiger partial charge in [-0.1, -0.05) is 37.3 Å². The van der Waals surface area contributed by atoms with Crippen LogP contribution in [0.1, 0.15) is 29.2 Å². The summed E-state index contributed by atoms with van der Waals surface area (Å²) in [4.78, 5) is 15.3. The van der Waals surface area contributed by atoms with Crippen molar-refractivity contribution in [2.24, 2.45) is 0 Å². The minimum Gasteiger partial charge on any atom is -0.380 e. The summed E-state index contributed by atoms with van der Waals surface area (Å²) in [6.45, 7) is 6.79.